The first-order valence-electron chi connectivity index (χ1n) is 7.15. The maximum atomic E-state index is 13.5. The molecule has 1 fully saturated rings. The quantitative estimate of drug-likeness (QED) is 0.852. The smallest absolute Gasteiger partial charge is 0.254 e. The largest absolute Gasteiger partial charge is 0.349 e. The number of hydrogen-bond acceptors (Lipinski definition) is 3. The number of rotatable bonds is 2. The second-order valence-corrected chi connectivity index (χ2v) is 6.37. The summed E-state index contributed by atoms with van der Waals surface area (Å²) in [7, 11) is 0. The Bertz CT molecular complexity index is 520. The van der Waals surface area contributed by atoms with Gasteiger partial charge in [0, 0.05) is 30.9 Å². The highest BCUT2D eigenvalue weighted by Gasteiger charge is 2.28. The molecule has 0 aliphatic carbocycles. The van der Waals surface area contributed by atoms with Crippen LogP contribution in [0.3, 0.4) is 0 Å². The molecule has 1 saturated heterocycles. The first-order valence-corrected chi connectivity index (χ1v) is 7.15. The van der Waals surface area contributed by atoms with Crippen LogP contribution in [-0.4, -0.2) is 40.5 Å². The first-order chi connectivity index (χ1) is 9.79. The van der Waals surface area contributed by atoms with Crippen molar-refractivity contribution in [2.45, 2.75) is 45.2 Å². The van der Waals surface area contributed by atoms with Gasteiger partial charge in [-0.1, -0.05) is 0 Å². The highest BCUT2D eigenvalue weighted by atomic mass is 19.2. The van der Waals surface area contributed by atoms with Crippen molar-refractivity contribution in [3.8, 4) is 0 Å². The van der Waals surface area contributed by atoms with Crippen LogP contribution in [0.2, 0.25) is 0 Å². The number of hydrogen-bond donors (Lipinski definition) is 1. The molecule has 1 aromatic rings. The predicted octanol–water partition coefficient (Wildman–Crippen LogP) is 2.35. The summed E-state index contributed by atoms with van der Waals surface area (Å²) in [6, 6.07) is 1.18. The Hall–Kier alpha value is -1.56. The first kappa shape index (κ1) is 15.8. The summed E-state index contributed by atoms with van der Waals surface area (Å²) in [5.41, 5.74) is -0.185. The van der Waals surface area contributed by atoms with Crippen LogP contribution < -0.4 is 5.32 Å². The molecule has 1 amide bonds. The molecule has 0 spiro atoms. The van der Waals surface area contributed by atoms with Crippen LogP contribution in [0, 0.1) is 11.8 Å². The number of nitrogens with one attached hydrogen (secondary N) is 1. The van der Waals surface area contributed by atoms with E-state index in [4.69, 9.17) is 0 Å². The molecule has 0 unspecified atom stereocenters. The van der Waals surface area contributed by atoms with E-state index in [1.165, 1.54) is 6.07 Å². The molecule has 0 atom stereocenters. The second kappa shape index (κ2) is 6.05. The Balaban J connectivity index is 1.95. The van der Waals surface area contributed by atoms with E-state index in [0.717, 1.165) is 32.1 Å². The molecule has 6 heteroatoms. The van der Waals surface area contributed by atoms with E-state index >= 15 is 0 Å². The van der Waals surface area contributed by atoms with Gasteiger partial charge < -0.3 is 5.32 Å². The maximum absolute atomic E-state index is 13.5. The van der Waals surface area contributed by atoms with Gasteiger partial charge in [0.25, 0.3) is 5.91 Å². The number of carbonyl (C=O) groups is 1. The molecule has 4 nitrogen and oxygen atoms in total. The lowest BCUT2D eigenvalue weighted by atomic mass is 9.98. The van der Waals surface area contributed by atoms with Crippen molar-refractivity contribution in [3.63, 3.8) is 0 Å². The average molecular weight is 297 g/mol. The van der Waals surface area contributed by atoms with Crippen LogP contribution in [-0.2, 0) is 0 Å². The monoisotopic (exact) mass is 297 g/mol. The van der Waals surface area contributed by atoms with Crippen molar-refractivity contribution in [2.24, 2.45) is 0 Å². The van der Waals surface area contributed by atoms with Gasteiger partial charge in [0.1, 0.15) is 0 Å². The maximum Gasteiger partial charge on any atom is 0.254 e. The van der Waals surface area contributed by atoms with Crippen molar-refractivity contribution in [1.82, 2.24) is 15.2 Å². The van der Waals surface area contributed by atoms with Crippen molar-refractivity contribution < 1.29 is 13.6 Å². The molecule has 1 aliphatic rings. The van der Waals surface area contributed by atoms with E-state index in [9.17, 15) is 13.6 Å². The van der Waals surface area contributed by atoms with Gasteiger partial charge in [-0.25, -0.2) is 9.37 Å². The molecule has 2 heterocycles. The molecule has 116 valence electrons. The number of nitrogens with zero attached hydrogens (tertiary/aromatic N) is 2. The van der Waals surface area contributed by atoms with Crippen molar-refractivity contribution in [1.29, 1.82) is 0 Å². The second-order valence-electron chi connectivity index (χ2n) is 6.37. The summed E-state index contributed by atoms with van der Waals surface area (Å²) in [5.74, 6) is -3.02. The Labute approximate surface area is 123 Å². The van der Waals surface area contributed by atoms with E-state index < -0.39 is 17.7 Å². The van der Waals surface area contributed by atoms with Crippen molar-refractivity contribution >= 4 is 5.91 Å². The lowest BCUT2D eigenvalue weighted by Gasteiger charge is -2.41. The number of likely N-dealkylation sites (tertiary alicyclic amines) is 1. The lowest BCUT2D eigenvalue weighted by molar-refractivity contribution is 0.0809. The minimum atomic E-state index is -1.25. The van der Waals surface area contributed by atoms with Gasteiger partial charge in [-0.3, -0.25) is 9.69 Å². The van der Waals surface area contributed by atoms with Gasteiger partial charge in [0.15, 0.2) is 5.82 Å². The van der Waals surface area contributed by atoms with Gasteiger partial charge >= 0.3 is 0 Å². The highest BCUT2D eigenvalue weighted by molar-refractivity contribution is 5.94. The summed E-state index contributed by atoms with van der Waals surface area (Å²) < 4.78 is 26.5. The third-order valence-corrected chi connectivity index (χ3v) is 3.87. The molecule has 1 aliphatic heterocycles. The van der Waals surface area contributed by atoms with Crippen LogP contribution in [0.4, 0.5) is 8.78 Å². The number of amides is 1. The summed E-state index contributed by atoms with van der Waals surface area (Å²) >= 11 is 0. The normalized spacial score (nSPS) is 17.8. The van der Waals surface area contributed by atoms with E-state index in [0.29, 0.717) is 0 Å². The minimum absolute atomic E-state index is 0.00766. The Morgan fingerprint density at radius 1 is 1.33 bits per heavy atom. The Kier molecular flexibility index (Phi) is 4.56. The van der Waals surface area contributed by atoms with E-state index in [1.807, 2.05) is 0 Å². The third-order valence-electron chi connectivity index (χ3n) is 3.87. The fourth-order valence-corrected chi connectivity index (χ4v) is 2.55. The zero-order chi connectivity index (χ0) is 15.6. The standard InChI is InChI=1S/C15H21F2N3O/c1-15(2,3)20-8-5-10(6-9-20)19-14(21)11-4-7-18-13(17)12(11)16/h4,7,10H,5-6,8-9H2,1-3H3,(H,19,21). The van der Waals surface area contributed by atoms with Gasteiger partial charge in [-0.15, -0.1) is 0 Å². The van der Waals surface area contributed by atoms with Crippen LogP contribution in [0.1, 0.15) is 44.0 Å². The third kappa shape index (κ3) is 3.75. The van der Waals surface area contributed by atoms with Crippen molar-refractivity contribution in [2.75, 3.05) is 13.1 Å². The molecular formula is C15H21F2N3O. The fraction of sp³-hybridized carbons (Fsp3) is 0.600. The average Bonchev–Trinajstić information content (AvgIpc) is 2.41. The van der Waals surface area contributed by atoms with Gasteiger partial charge in [0.05, 0.1) is 5.56 Å². The predicted molar refractivity (Wildman–Crippen MR) is 76.0 cm³/mol. The van der Waals surface area contributed by atoms with E-state index in [1.54, 1.807) is 0 Å². The summed E-state index contributed by atoms with van der Waals surface area (Å²) in [6.07, 6.45) is 2.70. The van der Waals surface area contributed by atoms with Gasteiger partial charge in [0.2, 0.25) is 5.95 Å². The molecule has 2 rings (SSSR count). The number of carbonyl (C=O) groups excluding carboxylic acids is 1. The highest BCUT2D eigenvalue weighted by Crippen LogP contribution is 2.20. The molecule has 0 saturated carbocycles. The Morgan fingerprint density at radius 2 is 1.95 bits per heavy atom. The summed E-state index contributed by atoms with van der Waals surface area (Å²) in [6.45, 7) is 8.21. The van der Waals surface area contributed by atoms with E-state index in [-0.39, 0.29) is 17.1 Å². The minimum Gasteiger partial charge on any atom is -0.349 e. The van der Waals surface area contributed by atoms with Crippen LogP contribution in [0.15, 0.2) is 12.3 Å². The van der Waals surface area contributed by atoms with Gasteiger partial charge in [-0.2, -0.15) is 4.39 Å². The fourth-order valence-electron chi connectivity index (χ4n) is 2.55. The number of aromatic nitrogens is 1. The molecule has 0 radical (unpaired) electrons. The summed E-state index contributed by atoms with van der Waals surface area (Å²) in [5, 5.41) is 2.78. The van der Waals surface area contributed by atoms with Crippen LogP contribution in [0.5, 0.6) is 0 Å². The van der Waals surface area contributed by atoms with Crippen molar-refractivity contribution in [3.05, 3.63) is 29.6 Å². The van der Waals surface area contributed by atoms with Gasteiger partial charge in [-0.05, 0) is 39.7 Å². The molecule has 21 heavy (non-hydrogen) atoms. The number of piperidine rings is 1. The summed E-state index contributed by atoms with van der Waals surface area (Å²) in [4.78, 5) is 17.5. The number of pyridine rings is 1. The molecule has 0 aromatic carbocycles. The number of halogens is 2. The molecule has 0 bridgehead atoms. The zero-order valence-corrected chi connectivity index (χ0v) is 12.6. The van der Waals surface area contributed by atoms with Crippen LogP contribution >= 0.6 is 0 Å². The lowest BCUT2D eigenvalue weighted by Crippen LogP contribution is -2.50. The molecular weight excluding hydrogens is 276 g/mol. The van der Waals surface area contributed by atoms with Crippen LogP contribution in [0.25, 0.3) is 0 Å². The zero-order valence-electron chi connectivity index (χ0n) is 12.6. The van der Waals surface area contributed by atoms with E-state index in [2.05, 4.69) is 36.0 Å². The molecule has 1 aromatic heterocycles. The SMILES string of the molecule is CC(C)(C)N1CCC(NC(=O)c2ccnc(F)c2F)CC1. The topological polar surface area (TPSA) is 45.2 Å². The molecule has 1 N–H and O–H groups in total. The Morgan fingerprint density at radius 3 is 2.52 bits per heavy atom.